The molecule has 0 atom stereocenters. The van der Waals surface area contributed by atoms with E-state index in [0.717, 1.165) is 21.4 Å². The highest BCUT2D eigenvalue weighted by Crippen LogP contribution is 2.17. The third-order valence-corrected chi connectivity index (χ3v) is 3.44. The van der Waals surface area contributed by atoms with Crippen molar-refractivity contribution in [2.24, 2.45) is 0 Å². The lowest BCUT2D eigenvalue weighted by Gasteiger charge is -2.00. The third kappa shape index (κ3) is 2.39. The summed E-state index contributed by atoms with van der Waals surface area (Å²) in [6, 6.07) is 17.4. The fourth-order valence-corrected chi connectivity index (χ4v) is 2.22. The molecule has 19 heavy (non-hydrogen) atoms. The van der Waals surface area contributed by atoms with Crippen molar-refractivity contribution >= 4 is 15.9 Å². The van der Waals surface area contributed by atoms with Gasteiger partial charge in [0.15, 0.2) is 0 Å². The van der Waals surface area contributed by atoms with Crippen LogP contribution in [0.4, 0.5) is 0 Å². The SMILES string of the molecule is O=c1[nH]c(-c2ccccc2)cn1-c1ccc(Br)cc1. The lowest BCUT2D eigenvalue weighted by molar-refractivity contribution is 0.987. The van der Waals surface area contributed by atoms with E-state index in [1.54, 1.807) is 4.57 Å². The first-order valence-corrected chi connectivity index (χ1v) is 6.66. The smallest absolute Gasteiger partial charge is 0.305 e. The van der Waals surface area contributed by atoms with Crippen molar-refractivity contribution in [3.8, 4) is 16.9 Å². The molecule has 1 N–H and O–H groups in total. The van der Waals surface area contributed by atoms with Crippen molar-refractivity contribution in [2.45, 2.75) is 0 Å². The molecule has 0 spiro atoms. The summed E-state index contributed by atoms with van der Waals surface area (Å²) in [5.74, 6) is 0. The third-order valence-electron chi connectivity index (χ3n) is 2.91. The van der Waals surface area contributed by atoms with E-state index in [1.807, 2.05) is 60.8 Å². The van der Waals surface area contributed by atoms with Gasteiger partial charge in [0.05, 0.1) is 11.4 Å². The molecule has 4 heteroatoms. The van der Waals surface area contributed by atoms with Crippen LogP contribution in [0, 0.1) is 0 Å². The van der Waals surface area contributed by atoms with Crippen molar-refractivity contribution in [2.75, 3.05) is 0 Å². The summed E-state index contributed by atoms with van der Waals surface area (Å²) in [5, 5.41) is 0. The Morgan fingerprint density at radius 1 is 0.947 bits per heavy atom. The fourth-order valence-electron chi connectivity index (χ4n) is 1.95. The molecule has 0 fully saturated rings. The van der Waals surface area contributed by atoms with Gasteiger partial charge in [-0.1, -0.05) is 46.3 Å². The van der Waals surface area contributed by atoms with E-state index < -0.39 is 0 Å². The van der Waals surface area contributed by atoms with E-state index in [4.69, 9.17) is 0 Å². The quantitative estimate of drug-likeness (QED) is 0.771. The fraction of sp³-hybridized carbons (Fsp3) is 0. The molecule has 0 amide bonds. The van der Waals surface area contributed by atoms with E-state index in [1.165, 1.54) is 0 Å². The Labute approximate surface area is 118 Å². The Bertz CT molecular complexity index is 742. The molecule has 94 valence electrons. The maximum absolute atomic E-state index is 12.0. The number of rotatable bonds is 2. The number of nitrogens with one attached hydrogen (secondary N) is 1. The first-order chi connectivity index (χ1) is 9.24. The average Bonchev–Trinajstić information content (AvgIpc) is 2.83. The van der Waals surface area contributed by atoms with Crippen molar-refractivity contribution in [1.29, 1.82) is 0 Å². The molecular formula is C15H11BrN2O. The minimum atomic E-state index is -0.138. The van der Waals surface area contributed by atoms with E-state index >= 15 is 0 Å². The standard InChI is InChI=1S/C15H11BrN2O/c16-12-6-8-13(9-7-12)18-10-14(17-15(18)19)11-4-2-1-3-5-11/h1-10H,(H,17,19). The molecule has 3 nitrogen and oxygen atoms in total. The Morgan fingerprint density at radius 3 is 2.32 bits per heavy atom. The number of hydrogen-bond acceptors (Lipinski definition) is 1. The van der Waals surface area contributed by atoms with E-state index in [-0.39, 0.29) is 5.69 Å². The molecular weight excluding hydrogens is 304 g/mol. The van der Waals surface area contributed by atoms with Crippen LogP contribution in [0.1, 0.15) is 0 Å². The zero-order valence-corrected chi connectivity index (χ0v) is 11.6. The highest BCUT2D eigenvalue weighted by molar-refractivity contribution is 9.10. The van der Waals surface area contributed by atoms with Crippen LogP contribution in [-0.4, -0.2) is 9.55 Å². The minimum absolute atomic E-state index is 0.138. The maximum Gasteiger partial charge on any atom is 0.330 e. The van der Waals surface area contributed by atoms with Gasteiger partial charge in [-0.15, -0.1) is 0 Å². The first kappa shape index (κ1) is 12.0. The van der Waals surface area contributed by atoms with Gasteiger partial charge >= 0.3 is 5.69 Å². The zero-order chi connectivity index (χ0) is 13.2. The molecule has 3 rings (SSSR count). The van der Waals surface area contributed by atoms with Gasteiger partial charge in [-0.05, 0) is 29.8 Å². The van der Waals surface area contributed by atoms with E-state index in [0.29, 0.717) is 0 Å². The number of hydrogen-bond donors (Lipinski definition) is 1. The molecule has 2 aromatic carbocycles. The van der Waals surface area contributed by atoms with Gasteiger partial charge in [-0.25, -0.2) is 4.79 Å². The molecule has 1 heterocycles. The molecule has 0 aliphatic heterocycles. The number of aromatic amines is 1. The molecule has 0 unspecified atom stereocenters. The lowest BCUT2D eigenvalue weighted by Crippen LogP contribution is -2.13. The second-order valence-corrected chi connectivity index (χ2v) is 5.10. The van der Waals surface area contributed by atoms with Gasteiger partial charge < -0.3 is 4.98 Å². The summed E-state index contributed by atoms with van der Waals surface area (Å²) in [4.78, 5) is 14.9. The Balaban J connectivity index is 2.08. The molecule has 1 aromatic heterocycles. The molecule has 3 aromatic rings. The van der Waals surface area contributed by atoms with Crippen molar-refractivity contribution in [3.63, 3.8) is 0 Å². The van der Waals surface area contributed by atoms with Gasteiger partial charge in [0.1, 0.15) is 0 Å². The molecule has 0 radical (unpaired) electrons. The number of nitrogens with zero attached hydrogens (tertiary/aromatic N) is 1. The highest BCUT2D eigenvalue weighted by atomic mass is 79.9. The summed E-state index contributed by atoms with van der Waals surface area (Å²) < 4.78 is 2.59. The van der Waals surface area contributed by atoms with Gasteiger partial charge in [0.2, 0.25) is 0 Å². The van der Waals surface area contributed by atoms with Crippen LogP contribution in [0.5, 0.6) is 0 Å². The van der Waals surface area contributed by atoms with Crippen LogP contribution in [0.25, 0.3) is 16.9 Å². The van der Waals surface area contributed by atoms with Crippen molar-refractivity contribution < 1.29 is 0 Å². The number of imidazole rings is 1. The minimum Gasteiger partial charge on any atom is -0.305 e. The normalized spacial score (nSPS) is 10.6. The van der Waals surface area contributed by atoms with Crippen molar-refractivity contribution in [1.82, 2.24) is 9.55 Å². The summed E-state index contributed by atoms with van der Waals surface area (Å²) in [6.45, 7) is 0. The summed E-state index contributed by atoms with van der Waals surface area (Å²) >= 11 is 3.38. The average molecular weight is 315 g/mol. The second kappa shape index (κ2) is 4.90. The summed E-state index contributed by atoms with van der Waals surface area (Å²) in [7, 11) is 0. The molecule has 0 aliphatic rings. The van der Waals surface area contributed by atoms with Gasteiger partial charge in [-0.3, -0.25) is 4.57 Å². The Kier molecular flexibility index (Phi) is 3.09. The second-order valence-electron chi connectivity index (χ2n) is 4.19. The Hall–Kier alpha value is -2.07. The monoisotopic (exact) mass is 314 g/mol. The van der Waals surface area contributed by atoms with Crippen molar-refractivity contribution in [3.05, 3.63) is 75.8 Å². The predicted molar refractivity (Wildman–Crippen MR) is 79.5 cm³/mol. The van der Waals surface area contributed by atoms with E-state index in [9.17, 15) is 4.79 Å². The van der Waals surface area contributed by atoms with Crippen LogP contribution < -0.4 is 5.69 Å². The topological polar surface area (TPSA) is 37.8 Å². The van der Waals surface area contributed by atoms with Crippen LogP contribution in [0.3, 0.4) is 0 Å². The van der Waals surface area contributed by atoms with Gasteiger partial charge in [0.25, 0.3) is 0 Å². The number of benzene rings is 2. The number of halogens is 1. The van der Waals surface area contributed by atoms with Gasteiger partial charge in [-0.2, -0.15) is 0 Å². The molecule has 0 aliphatic carbocycles. The summed E-state index contributed by atoms with van der Waals surface area (Å²) in [5.41, 5.74) is 2.51. The van der Waals surface area contributed by atoms with E-state index in [2.05, 4.69) is 20.9 Å². The predicted octanol–water partition coefficient (Wildman–Crippen LogP) is 3.60. The lowest BCUT2D eigenvalue weighted by atomic mass is 10.2. The molecule has 0 saturated carbocycles. The summed E-state index contributed by atoms with van der Waals surface area (Å²) in [6.07, 6.45) is 1.82. The maximum atomic E-state index is 12.0. The number of aromatic nitrogens is 2. The Morgan fingerprint density at radius 2 is 1.63 bits per heavy atom. The van der Waals surface area contributed by atoms with Crippen LogP contribution in [0.15, 0.2) is 70.1 Å². The molecule has 0 saturated heterocycles. The van der Waals surface area contributed by atoms with Crippen LogP contribution >= 0.6 is 15.9 Å². The van der Waals surface area contributed by atoms with Gasteiger partial charge in [0, 0.05) is 10.7 Å². The largest absolute Gasteiger partial charge is 0.330 e. The highest BCUT2D eigenvalue weighted by Gasteiger charge is 2.06. The first-order valence-electron chi connectivity index (χ1n) is 5.87. The molecule has 0 bridgehead atoms. The number of H-pyrrole nitrogens is 1. The van der Waals surface area contributed by atoms with Crippen LogP contribution in [0.2, 0.25) is 0 Å². The zero-order valence-electron chi connectivity index (χ0n) is 10.0. The van der Waals surface area contributed by atoms with Crippen LogP contribution in [-0.2, 0) is 0 Å².